The van der Waals surface area contributed by atoms with E-state index in [1.54, 1.807) is 0 Å². The van der Waals surface area contributed by atoms with E-state index in [0.717, 1.165) is 36.2 Å². The van der Waals surface area contributed by atoms with Gasteiger partial charge < -0.3 is 9.80 Å². The van der Waals surface area contributed by atoms with Crippen LogP contribution in [0.25, 0.3) is 0 Å². The van der Waals surface area contributed by atoms with E-state index in [0.29, 0.717) is 6.42 Å². The van der Waals surface area contributed by atoms with E-state index in [1.165, 1.54) is 11.3 Å². The molecule has 1 aliphatic rings. The number of carbonyl (C=O) groups excluding carboxylic acids is 1. The van der Waals surface area contributed by atoms with Crippen molar-refractivity contribution in [3.8, 4) is 0 Å². The largest absolute Gasteiger partial charge is 0.368 e. The fraction of sp³-hybridized carbons (Fsp3) is 0.316. The molecule has 2 aromatic rings. The van der Waals surface area contributed by atoms with Crippen LogP contribution < -0.4 is 4.90 Å². The smallest absolute Gasteiger partial charge is 0.227 e. The molecule has 0 unspecified atom stereocenters. The summed E-state index contributed by atoms with van der Waals surface area (Å²) in [5.74, 6) is 0.209. The van der Waals surface area contributed by atoms with Crippen molar-refractivity contribution in [2.24, 2.45) is 0 Å². The van der Waals surface area contributed by atoms with E-state index >= 15 is 0 Å². The lowest BCUT2D eigenvalue weighted by Crippen LogP contribution is -2.49. The van der Waals surface area contributed by atoms with Crippen molar-refractivity contribution in [2.45, 2.75) is 13.3 Å². The number of halogens is 1. The van der Waals surface area contributed by atoms with Crippen LogP contribution in [0.2, 0.25) is 0 Å². The van der Waals surface area contributed by atoms with Crippen LogP contribution in [0.5, 0.6) is 0 Å². The molecule has 3 nitrogen and oxygen atoms in total. The van der Waals surface area contributed by atoms with Gasteiger partial charge in [-0.3, -0.25) is 4.79 Å². The molecule has 0 spiro atoms. The van der Waals surface area contributed by atoms with E-state index in [-0.39, 0.29) is 5.91 Å². The third kappa shape index (κ3) is 3.94. The Hall–Kier alpha value is -1.81. The van der Waals surface area contributed by atoms with Crippen LogP contribution >= 0.6 is 15.9 Å². The molecule has 2 aromatic carbocycles. The molecule has 23 heavy (non-hydrogen) atoms. The van der Waals surface area contributed by atoms with Gasteiger partial charge in [-0.1, -0.05) is 51.8 Å². The van der Waals surface area contributed by atoms with Gasteiger partial charge >= 0.3 is 0 Å². The summed E-state index contributed by atoms with van der Waals surface area (Å²) in [6, 6.07) is 16.5. The summed E-state index contributed by atoms with van der Waals surface area (Å²) in [4.78, 5) is 16.8. The number of piperazine rings is 1. The number of carbonyl (C=O) groups is 1. The Morgan fingerprint density at radius 3 is 2.30 bits per heavy atom. The zero-order valence-electron chi connectivity index (χ0n) is 13.3. The lowest BCUT2D eigenvalue weighted by atomic mass is 10.1. The molecule has 120 valence electrons. The van der Waals surface area contributed by atoms with Gasteiger partial charge in [-0.15, -0.1) is 0 Å². The average molecular weight is 373 g/mol. The van der Waals surface area contributed by atoms with E-state index in [4.69, 9.17) is 0 Å². The van der Waals surface area contributed by atoms with E-state index in [9.17, 15) is 4.79 Å². The second kappa shape index (κ2) is 7.18. The molecule has 0 aliphatic carbocycles. The molecule has 4 heteroatoms. The number of amides is 1. The highest BCUT2D eigenvalue weighted by atomic mass is 79.9. The SMILES string of the molecule is Cc1ccc(N2CCN(C(=O)Cc3ccccc3Br)CC2)cc1. The third-order valence-corrected chi connectivity index (χ3v) is 5.10. The first kappa shape index (κ1) is 16.1. The summed E-state index contributed by atoms with van der Waals surface area (Å²) < 4.78 is 1.01. The lowest BCUT2D eigenvalue weighted by molar-refractivity contribution is -0.130. The Morgan fingerprint density at radius 2 is 1.65 bits per heavy atom. The summed E-state index contributed by atoms with van der Waals surface area (Å²) in [6.45, 7) is 5.46. The highest BCUT2D eigenvalue weighted by Gasteiger charge is 2.21. The van der Waals surface area contributed by atoms with Gasteiger partial charge in [0.05, 0.1) is 6.42 Å². The number of anilines is 1. The molecular formula is C19H21BrN2O. The maximum atomic E-state index is 12.5. The Labute approximate surface area is 146 Å². The monoisotopic (exact) mass is 372 g/mol. The summed E-state index contributed by atoms with van der Waals surface area (Å²) in [5, 5.41) is 0. The first-order chi connectivity index (χ1) is 11.1. The van der Waals surface area contributed by atoms with Crippen molar-refractivity contribution in [3.63, 3.8) is 0 Å². The Morgan fingerprint density at radius 1 is 1.00 bits per heavy atom. The zero-order valence-corrected chi connectivity index (χ0v) is 14.9. The Balaban J connectivity index is 1.57. The quantitative estimate of drug-likeness (QED) is 0.820. The number of nitrogens with zero attached hydrogens (tertiary/aromatic N) is 2. The number of benzene rings is 2. The number of aryl methyl sites for hydroxylation is 1. The Kier molecular flexibility index (Phi) is 5.01. The zero-order chi connectivity index (χ0) is 16.2. The first-order valence-electron chi connectivity index (χ1n) is 7.96. The molecule has 1 aliphatic heterocycles. The molecule has 1 fully saturated rings. The fourth-order valence-electron chi connectivity index (χ4n) is 2.89. The van der Waals surface area contributed by atoms with Gasteiger partial charge in [0.1, 0.15) is 0 Å². The highest BCUT2D eigenvalue weighted by molar-refractivity contribution is 9.10. The van der Waals surface area contributed by atoms with Crippen LogP contribution in [0, 0.1) is 6.92 Å². The summed E-state index contributed by atoms with van der Waals surface area (Å²) in [6.07, 6.45) is 0.464. The van der Waals surface area contributed by atoms with E-state index < -0.39 is 0 Å². The number of hydrogen-bond donors (Lipinski definition) is 0. The van der Waals surface area contributed by atoms with Crippen LogP contribution in [0.15, 0.2) is 53.0 Å². The molecule has 1 heterocycles. The van der Waals surface area contributed by atoms with Gasteiger partial charge in [0.25, 0.3) is 0 Å². The van der Waals surface area contributed by atoms with Crippen molar-refractivity contribution in [3.05, 3.63) is 64.1 Å². The second-order valence-corrected chi connectivity index (χ2v) is 6.83. The van der Waals surface area contributed by atoms with Crippen molar-refractivity contribution < 1.29 is 4.79 Å². The van der Waals surface area contributed by atoms with Crippen LogP contribution in [-0.4, -0.2) is 37.0 Å². The first-order valence-corrected chi connectivity index (χ1v) is 8.75. The summed E-state index contributed by atoms with van der Waals surface area (Å²) in [7, 11) is 0. The van der Waals surface area contributed by atoms with Crippen molar-refractivity contribution in [1.29, 1.82) is 0 Å². The fourth-order valence-corrected chi connectivity index (χ4v) is 3.31. The number of rotatable bonds is 3. The molecule has 0 aromatic heterocycles. The molecule has 0 radical (unpaired) electrons. The molecule has 3 rings (SSSR count). The normalized spacial score (nSPS) is 14.9. The standard InChI is InChI=1S/C19H21BrN2O/c1-15-6-8-17(9-7-15)21-10-12-22(13-11-21)19(23)14-16-4-2-3-5-18(16)20/h2-9H,10-14H2,1H3. The van der Waals surface area contributed by atoms with Gasteiger partial charge in [0.15, 0.2) is 0 Å². The molecular weight excluding hydrogens is 352 g/mol. The van der Waals surface area contributed by atoms with Gasteiger partial charge in [0, 0.05) is 36.3 Å². The minimum Gasteiger partial charge on any atom is -0.368 e. The van der Waals surface area contributed by atoms with Gasteiger partial charge in [0.2, 0.25) is 5.91 Å². The molecule has 0 saturated carbocycles. The van der Waals surface area contributed by atoms with Crippen LogP contribution in [0.3, 0.4) is 0 Å². The predicted octanol–water partition coefficient (Wildman–Crippen LogP) is 3.65. The maximum Gasteiger partial charge on any atom is 0.227 e. The molecule has 0 bridgehead atoms. The van der Waals surface area contributed by atoms with Crippen molar-refractivity contribution in [2.75, 3.05) is 31.1 Å². The third-order valence-electron chi connectivity index (χ3n) is 4.33. The Bertz CT molecular complexity index is 676. The highest BCUT2D eigenvalue weighted by Crippen LogP contribution is 2.19. The minimum absolute atomic E-state index is 0.209. The minimum atomic E-state index is 0.209. The molecule has 0 atom stereocenters. The van der Waals surface area contributed by atoms with Crippen molar-refractivity contribution in [1.82, 2.24) is 4.90 Å². The predicted molar refractivity (Wildman–Crippen MR) is 97.8 cm³/mol. The van der Waals surface area contributed by atoms with Gasteiger partial charge in [-0.2, -0.15) is 0 Å². The van der Waals surface area contributed by atoms with E-state index in [2.05, 4.69) is 52.0 Å². The van der Waals surface area contributed by atoms with Crippen LogP contribution in [-0.2, 0) is 11.2 Å². The van der Waals surface area contributed by atoms with Gasteiger partial charge in [-0.05, 0) is 30.7 Å². The molecule has 0 N–H and O–H groups in total. The van der Waals surface area contributed by atoms with Gasteiger partial charge in [-0.25, -0.2) is 0 Å². The summed E-state index contributed by atoms with van der Waals surface area (Å²) in [5.41, 5.74) is 3.57. The lowest BCUT2D eigenvalue weighted by Gasteiger charge is -2.36. The molecule has 1 saturated heterocycles. The maximum absolute atomic E-state index is 12.5. The number of hydrogen-bond acceptors (Lipinski definition) is 2. The van der Waals surface area contributed by atoms with Crippen LogP contribution in [0.1, 0.15) is 11.1 Å². The van der Waals surface area contributed by atoms with Crippen LogP contribution in [0.4, 0.5) is 5.69 Å². The summed E-state index contributed by atoms with van der Waals surface area (Å²) >= 11 is 3.52. The topological polar surface area (TPSA) is 23.6 Å². The molecule has 1 amide bonds. The van der Waals surface area contributed by atoms with E-state index in [1.807, 2.05) is 29.2 Å². The van der Waals surface area contributed by atoms with Crippen molar-refractivity contribution >= 4 is 27.5 Å². The average Bonchev–Trinajstić information content (AvgIpc) is 2.58. The second-order valence-electron chi connectivity index (χ2n) is 5.97.